The van der Waals surface area contributed by atoms with Crippen LogP contribution in [0.25, 0.3) is 0 Å². The number of esters is 1. The Balaban J connectivity index is 4.89. The summed E-state index contributed by atoms with van der Waals surface area (Å²) in [5.41, 5.74) is 0. The summed E-state index contributed by atoms with van der Waals surface area (Å²) in [6.45, 7) is 14.4. The maximum atomic E-state index is 11.4. The molecular formula is C13H24Cl2O3Si. The van der Waals surface area contributed by atoms with Crippen LogP contribution in [0.4, 0.5) is 0 Å². The normalized spacial score (nSPS) is 15.8. The Bertz CT molecular complexity index is 350. The third kappa shape index (κ3) is 5.46. The molecule has 0 spiro atoms. The highest BCUT2D eigenvalue weighted by Crippen LogP contribution is 2.39. The maximum absolute atomic E-state index is 11.4. The first-order valence-corrected chi connectivity index (χ1v) is 9.77. The fourth-order valence-corrected chi connectivity index (χ4v) is 2.45. The minimum Gasteiger partial charge on any atom is -0.469 e. The largest absolute Gasteiger partial charge is 0.469 e. The molecule has 0 aliphatic heterocycles. The Morgan fingerprint density at radius 1 is 1.32 bits per heavy atom. The fraction of sp³-hybridized carbons (Fsp3) is 0.769. The summed E-state index contributed by atoms with van der Waals surface area (Å²) >= 11 is 12.3. The molecule has 0 aromatic rings. The average Bonchev–Trinajstić information content (AvgIpc) is 2.24. The van der Waals surface area contributed by atoms with Gasteiger partial charge < -0.3 is 9.16 Å². The van der Waals surface area contributed by atoms with Crippen molar-refractivity contribution < 1.29 is 14.0 Å². The van der Waals surface area contributed by atoms with Crippen molar-refractivity contribution in [3.63, 3.8) is 0 Å². The van der Waals surface area contributed by atoms with Gasteiger partial charge in [0.2, 0.25) is 0 Å². The summed E-state index contributed by atoms with van der Waals surface area (Å²) in [5.74, 6) is -0.435. The second-order valence-corrected chi connectivity index (χ2v) is 12.2. The van der Waals surface area contributed by atoms with E-state index in [-0.39, 0.29) is 23.1 Å². The maximum Gasteiger partial charge on any atom is 0.307 e. The van der Waals surface area contributed by atoms with Crippen LogP contribution in [0, 0.1) is 0 Å². The smallest absolute Gasteiger partial charge is 0.307 e. The summed E-state index contributed by atoms with van der Waals surface area (Å²) in [6, 6.07) is 0. The number of carbonyl (C=O) groups is 1. The number of ether oxygens (including phenoxy) is 1. The molecule has 0 aliphatic carbocycles. The molecule has 6 heteroatoms. The zero-order valence-corrected chi connectivity index (χ0v) is 15.1. The van der Waals surface area contributed by atoms with Gasteiger partial charge in [-0.05, 0) is 18.1 Å². The Labute approximate surface area is 127 Å². The molecule has 0 heterocycles. The number of rotatable bonds is 6. The fourth-order valence-electron chi connectivity index (χ4n) is 1.04. The highest BCUT2D eigenvalue weighted by atomic mass is 35.5. The monoisotopic (exact) mass is 326 g/mol. The number of carbonyl (C=O) groups excluding carboxylic acids is 1. The summed E-state index contributed by atoms with van der Waals surface area (Å²) in [7, 11) is -0.647. The predicted molar refractivity (Wildman–Crippen MR) is 83.4 cm³/mol. The van der Waals surface area contributed by atoms with Gasteiger partial charge in [-0.25, -0.2) is 0 Å². The van der Waals surface area contributed by atoms with E-state index < -0.39 is 19.2 Å². The van der Waals surface area contributed by atoms with E-state index in [1.54, 1.807) is 0 Å². The molecule has 112 valence electrons. The quantitative estimate of drug-likeness (QED) is 0.414. The van der Waals surface area contributed by atoms with Gasteiger partial charge in [-0.3, -0.25) is 4.79 Å². The van der Waals surface area contributed by atoms with E-state index in [1.165, 1.54) is 7.11 Å². The lowest BCUT2D eigenvalue weighted by Gasteiger charge is -2.38. The number of methoxy groups -OCH3 is 1. The van der Waals surface area contributed by atoms with Gasteiger partial charge in [-0.2, -0.15) is 0 Å². The van der Waals surface area contributed by atoms with Crippen LogP contribution in [0.2, 0.25) is 18.1 Å². The molecule has 0 fully saturated rings. The highest BCUT2D eigenvalue weighted by molar-refractivity contribution is 6.74. The second kappa shape index (κ2) is 6.61. The SMILES string of the molecule is C=C(Cl)C(Cl)(CO[Si](C)(C)C(C)(C)C)CC(=O)OC. The van der Waals surface area contributed by atoms with Crippen LogP contribution in [0.1, 0.15) is 27.2 Å². The Morgan fingerprint density at radius 2 is 1.79 bits per heavy atom. The summed E-state index contributed by atoms with van der Waals surface area (Å²) in [4.78, 5) is 10.3. The second-order valence-electron chi connectivity index (χ2n) is 6.17. The van der Waals surface area contributed by atoms with Gasteiger partial charge in [0.25, 0.3) is 0 Å². The molecule has 0 radical (unpaired) electrons. The molecular weight excluding hydrogens is 303 g/mol. The van der Waals surface area contributed by atoms with E-state index in [0.717, 1.165) is 0 Å². The van der Waals surface area contributed by atoms with Crippen LogP contribution in [0.3, 0.4) is 0 Å². The molecule has 0 rings (SSSR count). The molecule has 0 aromatic carbocycles. The Kier molecular flexibility index (Phi) is 6.60. The van der Waals surface area contributed by atoms with Gasteiger partial charge in [-0.15, -0.1) is 11.6 Å². The van der Waals surface area contributed by atoms with Gasteiger partial charge in [-0.1, -0.05) is 39.0 Å². The zero-order chi connectivity index (χ0) is 15.5. The van der Waals surface area contributed by atoms with Crippen LogP contribution < -0.4 is 0 Å². The van der Waals surface area contributed by atoms with Crippen molar-refractivity contribution in [1.29, 1.82) is 0 Å². The van der Waals surface area contributed by atoms with Crippen LogP contribution in [-0.2, 0) is 14.0 Å². The summed E-state index contributed by atoms with van der Waals surface area (Å²) in [5, 5.41) is 0.252. The third-order valence-corrected chi connectivity index (χ3v) is 9.01. The molecule has 0 saturated carbocycles. The molecule has 0 aromatic heterocycles. The van der Waals surface area contributed by atoms with Gasteiger partial charge in [0.15, 0.2) is 8.32 Å². The topological polar surface area (TPSA) is 35.5 Å². The van der Waals surface area contributed by atoms with Crippen molar-refractivity contribution in [3.8, 4) is 0 Å². The third-order valence-electron chi connectivity index (χ3n) is 3.61. The molecule has 0 saturated heterocycles. The number of hydrogen-bond donors (Lipinski definition) is 0. The van der Waals surface area contributed by atoms with E-state index in [1.807, 2.05) is 0 Å². The lowest BCUT2D eigenvalue weighted by molar-refractivity contribution is -0.141. The standard InChI is InChI=1S/C13H24Cl2O3Si/c1-10(14)13(15,8-11(16)17-5)9-18-19(6,7)12(2,3)4/h1,8-9H2,2-7H3. The molecule has 0 N–H and O–H groups in total. The van der Waals surface area contributed by atoms with Crippen molar-refractivity contribution >= 4 is 37.5 Å². The number of alkyl halides is 1. The van der Waals surface area contributed by atoms with Gasteiger partial charge in [0.05, 0.1) is 20.1 Å². The molecule has 3 nitrogen and oxygen atoms in total. The zero-order valence-electron chi connectivity index (χ0n) is 12.6. The van der Waals surface area contributed by atoms with E-state index in [0.29, 0.717) is 0 Å². The number of hydrogen-bond acceptors (Lipinski definition) is 3. The molecule has 0 aliphatic rings. The first-order valence-electron chi connectivity index (χ1n) is 6.10. The van der Waals surface area contributed by atoms with Crippen LogP contribution in [0.5, 0.6) is 0 Å². The Morgan fingerprint density at radius 3 is 2.11 bits per heavy atom. The van der Waals surface area contributed by atoms with Crippen molar-refractivity contribution in [1.82, 2.24) is 0 Å². The van der Waals surface area contributed by atoms with Gasteiger partial charge in [0.1, 0.15) is 4.87 Å². The van der Waals surface area contributed by atoms with E-state index in [9.17, 15) is 4.79 Å². The summed E-state index contributed by atoms with van der Waals surface area (Å²) < 4.78 is 10.6. The van der Waals surface area contributed by atoms with Crippen LogP contribution in [-0.4, -0.2) is 32.9 Å². The lowest BCUT2D eigenvalue weighted by Crippen LogP contribution is -2.45. The van der Waals surface area contributed by atoms with E-state index >= 15 is 0 Å². The predicted octanol–water partition coefficient (Wildman–Crippen LogP) is 4.30. The van der Waals surface area contributed by atoms with Crippen molar-refractivity contribution in [3.05, 3.63) is 11.6 Å². The van der Waals surface area contributed by atoms with E-state index in [4.69, 9.17) is 27.6 Å². The van der Waals surface area contributed by atoms with Crippen LogP contribution in [0.15, 0.2) is 11.6 Å². The van der Waals surface area contributed by atoms with E-state index in [2.05, 4.69) is 45.2 Å². The van der Waals surface area contributed by atoms with Gasteiger partial charge >= 0.3 is 5.97 Å². The molecule has 19 heavy (non-hydrogen) atoms. The minimum absolute atomic E-state index is 0.0536. The Hall–Kier alpha value is -0.0331. The van der Waals surface area contributed by atoms with Crippen molar-refractivity contribution in [2.75, 3.05) is 13.7 Å². The molecule has 1 unspecified atom stereocenters. The lowest BCUT2D eigenvalue weighted by atomic mass is 10.1. The molecule has 0 amide bonds. The minimum atomic E-state index is -1.96. The average molecular weight is 327 g/mol. The summed E-state index contributed by atoms with van der Waals surface area (Å²) in [6.07, 6.45) is -0.0536. The van der Waals surface area contributed by atoms with Crippen molar-refractivity contribution in [2.24, 2.45) is 0 Å². The molecule has 1 atom stereocenters. The first kappa shape index (κ1) is 19.0. The molecule has 0 bridgehead atoms. The first-order chi connectivity index (χ1) is 8.35. The van der Waals surface area contributed by atoms with Crippen LogP contribution >= 0.6 is 23.2 Å². The van der Waals surface area contributed by atoms with Gasteiger partial charge in [0, 0.05) is 5.03 Å². The van der Waals surface area contributed by atoms with Crippen molar-refractivity contribution in [2.45, 2.75) is 50.2 Å². The highest BCUT2D eigenvalue weighted by Gasteiger charge is 2.41. The number of halogens is 2.